The molecule has 0 radical (unpaired) electrons. The molecule has 0 fully saturated rings. The minimum atomic E-state index is -1.63. The van der Waals surface area contributed by atoms with Crippen LogP contribution in [0.15, 0.2) is 0 Å². The van der Waals surface area contributed by atoms with Gasteiger partial charge in [0.2, 0.25) is 0 Å². The molecule has 0 aromatic carbocycles. The SMILES string of the molecule is OCCCCCCCCCC(O)F. The van der Waals surface area contributed by atoms with Crippen molar-refractivity contribution in [1.29, 1.82) is 0 Å². The molecule has 13 heavy (non-hydrogen) atoms. The number of hydrogen-bond donors (Lipinski definition) is 2. The van der Waals surface area contributed by atoms with E-state index in [1.807, 2.05) is 0 Å². The van der Waals surface area contributed by atoms with Crippen LogP contribution in [0.4, 0.5) is 4.39 Å². The summed E-state index contributed by atoms with van der Waals surface area (Å²) in [4.78, 5) is 0. The van der Waals surface area contributed by atoms with Crippen LogP contribution in [0.25, 0.3) is 0 Å². The minimum absolute atomic E-state index is 0.274. The topological polar surface area (TPSA) is 40.5 Å². The zero-order chi connectivity index (χ0) is 9.94. The second-order valence-corrected chi connectivity index (χ2v) is 3.42. The van der Waals surface area contributed by atoms with Gasteiger partial charge in [-0.15, -0.1) is 0 Å². The van der Waals surface area contributed by atoms with Crippen molar-refractivity contribution < 1.29 is 14.6 Å². The van der Waals surface area contributed by atoms with Gasteiger partial charge in [0.25, 0.3) is 0 Å². The average Bonchev–Trinajstić information content (AvgIpc) is 2.09. The van der Waals surface area contributed by atoms with E-state index in [9.17, 15) is 4.39 Å². The molecule has 0 amide bonds. The van der Waals surface area contributed by atoms with Gasteiger partial charge in [0.15, 0.2) is 6.36 Å². The zero-order valence-electron chi connectivity index (χ0n) is 8.21. The van der Waals surface area contributed by atoms with Gasteiger partial charge in [0, 0.05) is 13.0 Å². The summed E-state index contributed by atoms with van der Waals surface area (Å²) in [6, 6.07) is 0. The van der Waals surface area contributed by atoms with Crippen molar-refractivity contribution in [2.45, 2.75) is 57.7 Å². The van der Waals surface area contributed by atoms with Gasteiger partial charge in [0.1, 0.15) is 0 Å². The molecule has 1 unspecified atom stereocenters. The minimum Gasteiger partial charge on any atom is -0.396 e. The van der Waals surface area contributed by atoms with E-state index in [2.05, 4.69) is 0 Å². The van der Waals surface area contributed by atoms with E-state index < -0.39 is 6.36 Å². The number of unbranched alkanes of at least 4 members (excludes halogenated alkanes) is 6. The maximum absolute atomic E-state index is 11.9. The fourth-order valence-corrected chi connectivity index (χ4v) is 1.31. The number of hydrogen-bond acceptors (Lipinski definition) is 2. The van der Waals surface area contributed by atoms with Crippen molar-refractivity contribution in [2.75, 3.05) is 6.61 Å². The first kappa shape index (κ1) is 12.8. The Kier molecular flexibility index (Phi) is 9.82. The highest BCUT2D eigenvalue weighted by atomic mass is 19.1. The van der Waals surface area contributed by atoms with Crippen LogP contribution in [-0.2, 0) is 0 Å². The second kappa shape index (κ2) is 9.93. The molecule has 0 saturated heterocycles. The molecular formula is C10H21FO2. The Bertz CT molecular complexity index is 96.9. The number of aliphatic hydroxyl groups is 2. The molecule has 0 aromatic rings. The quantitative estimate of drug-likeness (QED) is 0.551. The van der Waals surface area contributed by atoms with Crippen LogP contribution >= 0.6 is 0 Å². The van der Waals surface area contributed by atoms with Crippen LogP contribution in [0.5, 0.6) is 0 Å². The molecule has 2 N–H and O–H groups in total. The van der Waals surface area contributed by atoms with Crippen LogP contribution in [-0.4, -0.2) is 23.2 Å². The lowest BCUT2D eigenvalue weighted by Gasteiger charge is -2.01. The van der Waals surface area contributed by atoms with Crippen LogP contribution in [0, 0.1) is 0 Å². The third-order valence-electron chi connectivity index (χ3n) is 2.10. The Morgan fingerprint density at radius 2 is 1.31 bits per heavy atom. The lowest BCUT2D eigenvalue weighted by Crippen LogP contribution is -1.96. The lowest BCUT2D eigenvalue weighted by molar-refractivity contribution is 0.0323. The molecule has 0 aromatic heterocycles. The third-order valence-corrected chi connectivity index (χ3v) is 2.10. The van der Waals surface area contributed by atoms with Gasteiger partial charge in [-0.1, -0.05) is 32.1 Å². The first-order chi connectivity index (χ1) is 6.27. The third kappa shape index (κ3) is 11.9. The largest absolute Gasteiger partial charge is 0.396 e. The van der Waals surface area contributed by atoms with Crippen molar-refractivity contribution in [2.24, 2.45) is 0 Å². The predicted molar refractivity (Wildman–Crippen MR) is 51.1 cm³/mol. The summed E-state index contributed by atoms with van der Waals surface area (Å²) in [5.74, 6) is 0. The Balaban J connectivity index is 2.84. The van der Waals surface area contributed by atoms with Crippen LogP contribution in [0.1, 0.15) is 51.4 Å². The molecular weight excluding hydrogens is 171 g/mol. The van der Waals surface area contributed by atoms with Gasteiger partial charge in [-0.05, 0) is 12.8 Å². The predicted octanol–water partition coefficient (Wildman–Crippen LogP) is 2.39. The molecule has 80 valence electrons. The summed E-state index contributed by atoms with van der Waals surface area (Å²) >= 11 is 0. The fraction of sp³-hybridized carbons (Fsp3) is 1.00. The first-order valence-electron chi connectivity index (χ1n) is 5.20. The molecule has 1 atom stereocenters. The number of alkyl halides is 1. The number of rotatable bonds is 9. The summed E-state index contributed by atoms with van der Waals surface area (Å²) in [7, 11) is 0. The van der Waals surface area contributed by atoms with Gasteiger partial charge in [-0.25, -0.2) is 4.39 Å². The number of aliphatic hydroxyl groups excluding tert-OH is 2. The maximum Gasteiger partial charge on any atom is 0.196 e. The van der Waals surface area contributed by atoms with E-state index in [1.54, 1.807) is 0 Å². The van der Waals surface area contributed by atoms with Crippen molar-refractivity contribution in [3.63, 3.8) is 0 Å². The smallest absolute Gasteiger partial charge is 0.196 e. The van der Waals surface area contributed by atoms with Gasteiger partial charge >= 0.3 is 0 Å². The molecule has 0 aliphatic heterocycles. The van der Waals surface area contributed by atoms with Crippen LogP contribution in [0.2, 0.25) is 0 Å². The molecule has 0 bridgehead atoms. The van der Waals surface area contributed by atoms with E-state index in [1.165, 1.54) is 0 Å². The molecule has 0 aliphatic carbocycles. The van der Waals surface area contributed by atoms with Gasteiger partial charge in [-0.2, -0.15) is 0 Å². The molecule has 0 aliphatic rings. The van der Waals surface area contributed by atoms with Crippen molar-refractivity contribution in [1.82, 2.24) is 0 Å². The Morgan fingerprint density at radius 3 is 1.77 bits per heavy atom. The summed E-state index contributed by atoms with van der Waals surface area (Å²) in [6.07, 6.45) is 5.81. The molecule has 0 spiro atoms. The van der Waals surface area contributed by atoms with Gasteiger partial charge in [0.05, 0.1) is 0 Å². The highest BCUT2D eigenvalue weighted by Gasteiger charge is 1.98. The molecule has 0 rings (SSSR count). The highest BCUT2D eigenvalue weighted by molar-refractivity contribution is 4.47. The molecule has 3 heteroatoms. The van der Waals surface area contributed by atoms with Crippen LogP contribution in [0.3, 0.4) is 0 Å². The summed E-state index contributed by atoms with van der Waals surface area (Å²) in [5, 5.41) is 16.8. The van der Waals surface area contributed by atoms with E-state index in [0.717, 1.165) is 44.9 Å². The summed E-state index contributed by atoms with van der Waals surface area (Å²) in [6.45, 7) is 0.286. The fourth-order valence-electron chi connectivity index (χ4n) is 1.31. The summed E-state index contributed by atoms with van der Waals surface area (Å²) < 4.78 is 11.9. The van der Waals surface area contributed by atoms with Gasteiger partial charge < -0.3 is 10.2 Å². The standard InChI is InChI=1S/C10H21FO2/c11-10(13)8-6-4-2-1-3-5-7-9-12/h10,12-13H,1-9H2. The van der Waals surface area contributed by atoms with E-state index in [0.29, 0.717) is 0 Å². The summed E-state index contributed by atoms with van der Waals surface area (Å²) in [5.41, 5.74) is 0. The first-order valence-corrected chi connectivity index (χ1v) is 5.20. The monoisotopic (exact) mass is 192 g/mol. The molecule has 0 saturated carbocycles. The second-order valence-electron chi connectivity index (χ2n) is 3.42. The van der Waals surface area contributed by atoms with Crippen molar-refractivity contribution in [3.8, 4) is 0 Å². The lowest BCUT2D eigenvalue weighted by atomic mass is 10.1. The highest BCUT2D eigenvalue weighted by Crippen LogP contribution is 2.09. The van der Waals surface area contributed by atoms with Crippen LogP contribution < -0.4 is 0 Å². The normalized spacial score (nSPS) is 13.2. The zero-order valence-corrected chi connectivity index (χ0v) is 8.21. The van der Waals surface area contributed by atoms with Crippen molar-refractivity contribution in [3.05, 3.63) is 0 Å². The average molecular weight is 192 g/mol. The van der Waals surface area contributed by atoms with E-state index in [-0.39, 0.29) is 13.0 Å². The Morgan fingerprint density at radius 1 is 0.846 bits per heavy atom. The van der Waals surface area contributed by atoms with E-state index >= 15 is 0 Å². The Hall–Kier alpha value is -0.150. The van der Waals surface area contributed by atoms with E-state index in [4.69, 9.17) is 10.2 Å². The van der Waals surface area contributed by atoms with Crippen molar-refractivity contribution >= 4 is 0 Å². The molecule has 0 heterocycles. The molecule has 2 nitrogen and oxygen atoms in total. The number of halogens is 1. The Labute approximate surface area is 79.8 Å². The van der Waals surface area contributed by atoms with Gasteiger partial charge in [-0.3, -0.25) is 0 Å². The maximum atomic E-state index is 11.9.